The van der Waals surface area contributed by atoms with Crippen molar-refractivity contribution in [2.45, 2.75) is 20.8 Å². The first-order valence-electron chi connectivity index (χ1n) is 7.72. The molecule has 2 aromatic rings. The van der Waals surface area contributed by atoms with Gasteiger partial charge in [-0.15, -0.1) is 0 Å². The molecule has 0 saturated carbocycles. The van der Waals surface area contributed by atoms with Crippen LogP contribution in [0.25, 0.3) is 0 Å². The van der Waals surface area contributed by atoms with Crippen molar-refractivity contribution < 1.29 is 9.72 Å². The van der Waals surface area contributed by atoms with Crippen LogP contribution in [0.2, 0.25) is 5.02 Å². The molecule has 2 rings (SSSR count). The highest BCUT2D eigenvalue weighted by Crippen LogP contribution is 2.33. The molecule has 0 saturated heterocycles. The summed E-state index contributed by atoms with van der Waals surface area (Å²) >= 11 is 6.19. The first-order chi connectivity index (χ1) is 11.7. The molecule has 0 fully saturated rings. The van der Waals surface area contributed by atoms with Gasteiger partial charge in [0.05, 0.1) is 22.2 Å². The van der Waals surface area contributed by atoms with E-state index in [0.717, 1.165) is 16.8 Å². The quantitative estimate of drug-likeness (QED) is 0.638. The number of nitrogens with one attached hydrogen (secondary N) is 1. The Hall–Kier alpha value is -2.60. The predicted octanol–water partition coefficient (Wildman–Crippen LogP) is 4.25. The van der Waals surface area contributed by atoms with Gasteiger partial charge in [-0.05, 0) is 37.5 Å². The summed E-state index contributed by atoms with van der Waals surface area (Å²) in [6.07, 6.45) is 0. The Labute approximate surface area is 151 Å². The summed E-state index contributed by atoms with van der Waals surface area (Å²) in [5.41, 5.74) is 3.94. The van der Waals surface area contributed by atoms with Crippen LogP contribution >= 0.6 is 11.6 Å². The Bertz CT molecular complexity index is 793. The number of non-ortho nitro benzene ring substituents is 1. The summed E-state index contributed by atoms with van der Waals surface area (Å²) in [5.74, 6) is -0.186. The molecule has 0 radical (unpaired) electrons. The Morgan fingerprint density at radius 1 is 1.20 bits per heavy atom. The van der Waals surface area contributed by atoms with Crippen LogP contribution in [0.3, 0.4) is 0 Å². The molecule has 0 bridgehead atoms. The fraction of sp³-hybridized carbons (Fsp3) is 0.278. The normalized spacial score (nSPS) is 10.4. The first-order valence-corrected chi connectivity index (χ1v) is 8.10. The zero-order chi connectivity index (χ0) is 18.7. The number of likely N-dealkylation sites (N-methyl/N-ethyl adjacent to an activating group) is 1. The van der Waals surface area contributed by atoms with Crippen LogP contribution < -0.4 is 10.2 Å². The SMILES string of the molecule is Cc1cccc(C)c1NC(=O)CN(C)c1c(C)cc([N+](=O)[O-])cc1Cl. The number of aryl methyl sites for hydroxylation is 3. The van der Waals surface area contributed by atoms with E-state index in [0.29, 0.717) is 11.3 Å². The van der Waals surface area contributed by atoms with Crippen molar-refractivity contribution in [3.63, 3.8) is 0 Å². The molecule has 2 aromatic carbocycles. The van der Waals surface area contributed by atoms with E-state index in [1.54, 1.807) is 18.9 Å². The van der Waals surface area contributed by atoms with Crippen LogP contribution in [0, 0.1) is 30.9 Å². The van der Waals surface area contributed by atoms with E-state index >= 15 is 0 Å². The number of hydrogen-bond donors (Lipinski definition) is 1. The van der Waals surface area contributed by atoms with Gasteiger partial charge in [-0.2, -0.15) is 0 Å². The third-order valence-corrected chi connectivity index (χ3v) is 4.25. The number of nitro groups is 1. The lowest BCUT2D eigenvalue weighted by atomic mass is 10.1. The summed E-state index contributed by atoms with van der Waals surface area (Å²) in [6.45, 7) is 5.67. The summed E-state index contributed by atoms with van der Waals surface area (Å²) < 4.78 is 0. The monoisotopic (exact) mass is 361 g/mol. The van der Waals surface area contributed by atoms with Gasteiger partial charge in [0.1, 0.15) is 0 Å². The minimum atomic E-state index is -0.490. The summed E-state index contributed by atoms with van der Waals surface area (Å²) in [6, 6.07) is 8.55. The van der Waals surface area contributed by atoms with Crippen LogP contribution in [0.1, 0.15) is 16.7 Å². The number of nitro benzene ring substituents is 1. The maximum Gasteiger partial charge on any atom is 0.271 e. The first kappa shape index (κ1) is 18.7. The molecule has 1 amide bonds. The second-order valence-corrected chi connectivity index (χ2v) is 6.43. The highest BCUT2D eigenvalue weighted by molar-refractivity contribution is 6.33. The smallest absolute Gasteiger partial charge is 0.271 e. The topological polar surface area (TPSA) is 75.5 Å². The molecule has 7 heteroatoms. The number of carbonyl (C=O) groups excluding carboxylic acids is 1. The van der Waals surface area contributed by atoms with Crippen LogP contribution in [0.4, 0.5) is 17.1 Å². The minimum absolute atomic E-state index is 0.0698. The number of anilines is 2. The number of para-hydroxylation sites is 1. The Balaban J connectivity index is 2.18. The van der Waals surface area contributed by atoms with Gasteiger partial charge in [0.25, 0.3) is 5.69 Å². The standard InChI is InChI=1S/C18H20ClN3O3/c1-11-6-5-7-12(2)17(11)20-16(23)10-21(4)18-13(3)8-14(22(24)25)9-15(18)19/h5-9H,10H2,1-4H3,(H,20,23). The lowest BCUT2D eigenvalue weighted by Crippen LogP contribution is -2.31. The molecule has 0 aromatic heterocycles. The number of amides is 1. The number of hydrogen-bond acceptors (Lipinski definition) is 4. The molecule has 0 unspecified atom stereocenters. The van der Waals surface area contributed by atoms with Crippen LogP contribution in [0.5, 0.6) is 0 Å². The van der Waals surface area contributed by atoms with Crippen molar-refractivity contribution in [3.8, 4) is 0 Å². The molecule has 25 heavy (non-hydrogen) atoms. The molecule has 0 aliphatic rings. The highest BCUT2D eigenvalue weighted by Gasteiger charge is 2.18. The van der Waals surface area contributed by atoms with Crippen molar-refractivity contribution in [2.24, 2.45) is 0 Å². The van der Waals surface area contributed by atoms with Crippen LogP contribution in [0.15, 0.2) is 30.3 Å². The van der Waals surface area contributed by atoms with Crippen molar-refractivity contribution in [1.29, 1.82) is 0 Å². The van der Waals surface area contributed by atoms with Crippen molar-refractivity contribution in [2.75, 3.05) is 23.8 Å². The van der Waals surface area contributed by atoms with Gasteiger partial charge in [0.15, 0.2) is 0 Å². The number of rotatable bonds is 5. The molecule has 0 aliphatic heterocycles. The molecule has 0 atom stereocenters. The largest absolute Gasteiger partial charge is 0.364 e. The van der Waals surface area contributed by atoms with Gasteiger partial charge in [0.2, 0.25) is 5.91 Å². The van der Waals surface area contributed by atoms with Crippen molar-refractivity contribution in [3.05, 3.63) is 62.2 Å². The molecule has 0 aliphatic carbocycles. The number of benzene rings is 2. The third-order valence-electron chi connectivity index (χ3n) is 3.96. The molecule has 0 heterocycles. The van der Waals surface area contributed by atoms with Crippen molar-refractivity contribution >= 4 is 34.6 Å². The maximum atomic E-state index is 12.4. The fourth-order valence-corrected chi connectivity index (χ4v) is 3.20. The molecular formula is C18H20ClN3O3. The second kappa shape index (κ2) is 7.53. The third kappa shape index (κ3) is 4.28. The predicted molar refractivity (Wildman–Crippen MR) is 101 cm³/mol. The lowest BCUT2D eigenvalue weighted by Gasteiger charge is -2.22. The Kier molecular flexibility index (Phi) is 5.64. The number of carbonyl (C=O) groups is 1. The van der Waals surface area contributed by atoms with E-state index in [4.69, 9.17) is 11.6 Å². The van der Waals surface area contributed by atoms with Gasteiger partial charge in [0, 0.05) is 24.9 Å². The average Bonchev–Trinajstić information content (AvgIpc) is 2.50. The molecule has 132 valence electrons. The average molecular weight is 362 g/mol. The van der Waals surface area contributed by atoms with E-state index in [9.17, 15) is 14.9 Å². The van der Waals surface area contributed by atoms with E-state index in [2.05, 4.69) is 5.32 Å². The van der Waals surface area contributed by atoms with Gasteiger partial charge in [-0.1, -0.05) is 29.8 Å². The summed E-state index contributed by atoms with van der Waals surface area (Å²) in [7, 11) is 1.73. The van der Waals surface area contributed by atoms with Crippen molar-refractivity contribution in [1.82, 2.24) is 0 Å². The molecule has 0 spiro atoms. The number of nitrogens with zero attached hydrogens (tertiary/aromatic N) is 2. The van der Waals surface area contributed by atoms with Crippen LogP contribution in [-0.2, 0) is 4.79 Å². The van der Waals surface area contributed by atoms with E-state index < -0.39 is 4.92 Å². The van der Waals surface area contributed by atoms with Gasteiger partial charge < -0.3 is 10.2 Å². The van der Waals surface area contributed by atoms with E-state index in [1.807, 2.05) is 32.0 Å². The van der Waals surface area contributed by atoms with Crippen LogP contribution in [-0.4, -0.2) is 24.4 Å². The highest BCUT2D eigenvalue weighted by atomic mass is 35.5. The van der Waals surface area contributed by atoms with Gasteiger partial charge in [-0.3, -0.25) is 14.9 Å². The summed E-state index contributed by atoms with van der Waals surface area (Å²) in [5, 5.41) is 14.1. The Morgan fingerprint density at radius 3 is 2.32 bits per heavy atom. The maximum absolute atomic E-state index is 12.4. The van der Waals surface area contributed by atoms with Gasteiger partial charge >= 0.3 is 0 Å². The lowest BCUT2D eigenvalue weighted by molar-refractivity contribution is -0.384. The molecule has 1 N–H and O–H groups in total. The second-order valence-electron chi connectivity index (χ2n) is 6.02. The van der Waals surface area contributed by atoms with E-state index in [-0.39, 0.29) is 23.2 Å². The zero-order valence-electron chi connectivity index (χ0n) is 14.6. The van der Waals surface area contributed by atoms with Gasteiger partial charge in [-0.25, -0.2) is 0 Å². The summed E-state index contributed by atoms with van der Waals surface area (Å²) in [4.78, 5) is 24.5. The van der Waals surface area contributed by atoms with E-state index in [1.165, 1.54) is 12.1 Å². The minimum Gasteiger partial charge on any atom is -0.364 e. The molecular weight excluding hydrogens is 342 g/mol. The zero-order valence-corrected chi connectivity index (χ0v) is 15.3. The molecule has 6 nitrogen and oxygen atoms in total. The number of halogens is 1. The fourth-order valence-electron chi connectivity index (χ4n) is 2.79. The Morgan fingerprint density at radius 2 is 1.80 bits per heavy atom.